The summed E-state index contributed by atoms with van der Waals surface area (Å²) < 4.78 is 4.65. The fourth-order valence-corrected chi connectivity index (χ4v) is 5.98. The van der Waals surface area contributed by atoms with Gasteiger partial charge in [-0.1, -0.05) is 28.0 Å². The molecule has 1 amide bonds. The second kappa shape index (κ2) is 8.79. The number of amides is 1. The van der Waals surface area contributed by atoms with Crippen LogP contribution in [0, 0.1) is 6.92 Å². The van der Waals surface area contributed by atoms with Crippen molar-refractivity contribution in [1.82, 2.24) is 4.98 Å². The zero-order valence-electron chi connectivity index (χ0n) is 12.7. The number of carbonyl (C=O) groups excluding carboxylic acids is 2. The predicted molar refractivity (Wildman–Crippen MR) is 93.7 cm³/mol. The largest absolute Gasteiger partial charge is 0.464 e. The van der Waals surface area contributed by atoms with Crippen molar-refractivity contribution in [3.8, 4) is 0 Å². The molecule has 1 N–H and O–H groups in total. The Morgan fingerprint density at radius 3 is 2.91 bits per heavy atom. The van der Waals surface area contributed by atoms with Crippen LogP contribution < -0.4 is 5.32 Å². The van der Waals surface area contributed by atoms with Crippen molar-refractivity contribution in [2.24, 2.45) is 0 Å². The molecule has 1 aliphatic rings. The zero-order chi connectivity index (χ0) is 15.9. The number of aromatic nitrogens is 1. The molecule has 0 saturated carbocycles. The van der Waals surface area contributed by atoms with Gasteiger partial charge in [0.15, 0.2) is 10.8 Å². The van der Waals surface area contributed by atoms with Crippen LogP contribution in [0.25, 0.3) is 0 Å². The lowest BCUT2D eigenvalue weighted by molar-refractivity contribution is -0.116. The number of anilines is 1. The van der Waals surface area contributed by atoms with E-state index < -0.39 is 5.97 Å². The molecule has 0 unspecified atom stereocenters. The number of esters is 1. The number of methoxy groups -OCH3 is 1. The first-order valence-corrected chi connectivity index (χ1v) is 10.4. The summed E-state index contributed by atoms with van der Waals surface area (Å²) in [5, 5.41) is 3.99. The lowest BCUT2D eigenvalue weighted by Gasteiger charge is -2.06. The van der Waals surface area contributed by atoms with Gasteiger partial charge in [0.2, 0.25) is 5.91 Å². The SMILES string of the molecule is COC(=O)c1nc(NC(=O)CCCC[C@H]2CCSS2)sc1C. The maximum atomic E-state index is 11.9. The summed E-state index contributed by atoms with van der Waals surface area (Å²) >= 11 is 1.30. The maximum absolute atomic E-state index is 11.9. The average Bonchev–Trinajstić information content (AvgIpc) is 3.12. The molecule has 0 radical (unpaired) electrons. The molecular formula is C14H20N2O3S3. The summed E-state index contributed by atoms with van der Waals surface area (Å²) in [6.45, 7) is 1.79. The van der Waals surface area contributed by atoms with E-state index >= 15 is 0 Å². The van der Waals surface area contributed by atoms with Crippen LogP contribution in [0.15, 0.2) is 0 Å². The van der Waals surface area contributed by atoms with Gasteiger partial charge < -0.3 is 10.1 Å². The molecule has 5 nitrogen and oxygen atoms in total. The van der Waals surface area contributed by atoms with Crippen LogP contribution in [0.2, 0.25) is 0 Å². The van der Waals surface area contributed by atoms with E-state index in [9.17, 15) is 9.59 Å². The van der Waals surface area contributed by atoms with E-state index in [2.05, 4.69) is 15.0 Å². The Bertz CT molecular complexity index is 527. The van der Waals surface area contributed by atoms with Gasteiger partial charge in [-0.3, -0.25) is 4.79 Å². The van der Waals surface area contributed by atoms with Gasteiger partial charge in [-0.15, -0.1) is 11.3 Å². The Labute approximate surface area is 142 Å². The van der Waals surface area contributed by atoms with Crippen LogP contribution in [0.1, 0.15) is 47.5 Å². The van der Waals surface area contributed by atoms with Gasteiger partial charge >= 0.3 is 5.97 Å². The van der Waals surface area contributed by atoms with Crippen molar-refractivity contribution >= 4 is 49.9 Å². The number of hydrogen-bond acceptors (Lipinski definition) is 7. The Morgan fingerprint density at radius 2 is 2.23 bits per heavy atom. The number of thiazole rings is 1. The van der Waals surface area contributed by atoms with Gasteiger partial charge in [0.05, 0.1) is 7.11 Å². The zero-order valence-corrected chi connectivity index (χ0v) is 15.2. The van der Waals surface area contributed by atoms with Gasteiger partial charge in [0.25, 0.3) is 0 Å². The Hall–Kier alpha value is -0.730. The summed E-state index contributed by atoms with van der Waals surface area (Å²) in [5.41, 5.74) is 0.276. The first-order chi connectivity index (χ1) is 10.6. The highest BCUT2D eigenvalue weighted by Gasteiger charge is 2.18. The van der Waals surface area contributed by atoms with Crippen LogP contribution in [-0.2, 0) is 9.53 Å². The lowest BCUT2D eigenvalue weighted by atomic mass is 10.1. The number of hydrogen-bond donors (Lipinski definition) is 1. The van der Waals surface area contributed by atoms with Gasteiger partial charge in [-0.25, -0.2) is 9.78 Å². The number of nitrogens with zero attached hydrogens (tertiary/aromatic N) is 1. The molecule has 8 heteroatoms. The van der Waals surface area contributed by atoms with E-state index in [1.165, 1.54) is 37.0 Å². The van der Waals surface area contributed by atoms with Gasteiger partial charge in [-0.05, 0) is 26.2 Å². The van der Waals surface area contributed by atoms with Crippen LogP contribution >= 0.6 is 32.9 Å². The van der Waals surface area contributed by atoms with E-state index in [0.29, 0.717) is 11.6 Å². The molecule has 0 spiro atoms. The standard InChI is InChI=1S/C14H20N2O3S3/c1-9-12(13(18)19-2)16-14(21-9)15-11(17)6-4-3-5-10-7-8-20-22-10/h10H,3-8H2,1-2H3,(H,15,16,17)/t10-/m0/s1. The molecule has 2 heterocycles. The number of rotatable bonds is 7. The summed E-state index contributed by atoms with van der Waals surface area (Å²) in [6, 6.07) is 0. The third kappa shape index (κ3) is 5.17. The monoisotopic (exact) mass is 360 g/mol. The quantitative estimate of drug-likeness (QED) is 0.452. The summed E-state index contributed by atoms with van der Waals surface area (Å²) in [7, 11) is 5.25. The van der Waals surface area contributed by atoms with E-state index in [4.69, 9.17) is 0 Å². The molecule has 1 atom stereocenters. The second-order valence-corrected chi connectivity index (χ2v) is 9.03. The Kier molecular flexibility index (Phi) is 7.04. The highest BCUT2D eigenvalue weighted by molar-refractivity contribution is 8.77. The molecule has 1 fully saturated rings. The third-order valence-electron chi connectivity index (χ3n) is 3.33. The summed E-state index contributed by atoms with van der Waals surface area (Å²) in [4.78, 5) is 28.2. The molecule has 1 aromatic heterocycles. The number of aryl methyl sites for hydroxylation is 1. The first kappa shape index (κ1) is 17.6. The smallest absolute Gasteiger partial charge is 0.357 e. The van der Waals surface area contributed by atoms with Crippen molar-refractivity contribution in [2.75, 3.05) is 18.2 Å². The van der Waals surface area contributed by atoms with Crippen LogP contribution in [0.5, 0.6) is 0 Å². The summed E-state index contributed by atoms with van der Waals surface area (Å²) in [6.07, 6.45) is 4.94. The van der Waals surface area contributed by atoms with E-state index in [1.807, 2.05) is 21.6 Å². The lowest BCUT2D eigenvalue weighted by Crippen LogP contribution is -2.11. The molecule has 1 aliphatic heterocycles. The van der Waals surface area contributed by atoms with Crippen molar-refractivity contribution in [2.45, 2.75) is 44.3 Å². The normalized spacial score (nSPS) is 17.5. The molecule has 0 aliphatic carbocycles. The van der Waals surface area contributed by atoms with Crippen molar-refractivity contribution in [3.63, 3.8) is 0 Å². The highest BCUT2D eigenvalue weighted by Crippen LogP contribution is 2.39. The number of carbonyl (C=O) groups is 2. The topological polar surface area (TPSA) is 68.3 Å². The Balaban J connectivity index is 1.71. The number of unbranched alkanes of at least 4 members (excludes halogenated alkanes) is 1. The average molecular weight is 361 g/mol. The fraction of sp³-hybridized carbons (Fsp3) is 0.643. The minimum Gasteiger partial charge on any atom is -0.464 e. The fourth-order valence-electron chi connectivity index (χ4n) is 2.14. The number of ether oxygens (including phenoxy) is 1. The minimum atomic E-state index is -0.471. The number of nitrogens with one attached hydrogen (secondary N) is 1. The molecule has 122 valence electrons. The molecular weight excluding hydrogens is 340 g/mol. The minimum absolute atomic E-state index is 0.0429. The second-order valence-electron chi connectivity index (χ2n) is 5.04. The van der Waals surface area contributed by atoms with E-state index in [-0.39, 0.29) is 11.6 Å². The van der Waals surface area contributed by atoms with Crippen molar-refractivity contribution in [3.05, 3.63) is 10.6 Å². The summed E-state index contributed by atoms with van der Waals surface area (Å²) in [5.74, 6) is 0.738. The first-order valence-electron chi connectivity index (χ1n) is 7.24. The van der Waals surface area contributed by atoms with Crippen LogP contribution in [0.4, 0.5) is 5.13 Å². The third-order valence-corrected chi connectivity index (χ3v) is 7.22. The predicted octanol–water partition coefficient (Wildman–Crippen LogP) is 3.89. The van der Waals surface area contributed by atoms with E-state index in [0.717, 1.165) is 23.0 Å². The van der Waals surface area contributed by atoms with E-state index in [1.54, 1.807) is 6.92 Å². The highest BCUT2D eigenvalue weighted by atomic mass is 33.1. The molecule has 22 heavy (non-hydrogen) atoms. The van der Waals surface area contributed by atoms with Gasteiger partial charge in [-0.2, -0.15) is 0 Å². The molecule has 0 bridgehead atoms. The molecule has 1 aromatic rings. The van der Waals surface area contributed by atoms with Gasteiger partial charge in [0.1, 0.15) is 0 Å². The van der Waals surface area contributed by atoms with Crippen molar-refractivity contribution < 1.29 is 14.3 Å². The maximum Gasteiger partial charge on any atom is 0.357 e. The van der Waals surface area contributed by atoms with Gasteiger partial charge in [0, 0.05) is 22.3 Å². The van der Waals surface area contributed by atoms with Crippen LogP contribution in [-0.4, -0.2) is 35.0 Å². The Morgan fingerprint density at radius 1 is 1.41 bits per heavy atom. The van der Waals surface area contributed by atoms with Crippen LogP contribution in [0.3, 0.4) is 0 Å². The molecule has 2 rings (SSSR count). The molecule has 1 saturated heterocycles. The molecule has 0 aromatic carbocycles. The van der Waals surface area contributed by atoms with Crippen molar-refractivity contribution in [1.29, 1.82) is 0 Å².